The fraction of sp³-hybridized carbons (Fsp3) is 0.333. The van der Waals surface area contributed by atoms with Crippen molar-refractivity contribution in [2.45, 2.75) is 58.2 Å². The van der Waals surface area contributed by atoms with Crippen LogP contribution in [0, 0.1) is 0 Å². The topological polar surface area (TPSA) is 20.2 Å². The largest absolute Gasteiger partial charge is 0.388 e. The summed E-state index contributed by atoms with van der Waals surface area (Å²) in [6.45, 7) is 16.1. The number of fused-ring (bicyclic) bond motifs is 3. The van der Waals surface area contributed by atoms with Crippen molar-refractivity contribution in [3.63, 3.8) is 0 Å². The average molecular weight is 401 g/mol. The SMILES string of the molecule is C=C(C)C1=C([Si](C)(C)c2ccccc2)C[C@@]2(C)C(=C1C)C[C@@H](O)c1ccccc12. The van der Waals surface area contributed by atoms with Gasteiger partial charge in [-0.3, -0.25) is 0 Å². The zero-order chi connectivity index (χ0) is 21.0. The van der Waals surface area contributed by atoms with E-state index in [0.717, 1.165) is 24.0 Å². The van der Waals surface area contributed by atoms with E-state index in [0.29, 0.717) is 0 Å². The summed E-state index contributed by atoms with van der Waals surface area (Å²) in [4.78, 5) is 0. The number of allylic oxidation sites excluding steroid dienone is 4. The second kappa shape index (κ2) is 6.96. The Kier molecular flexibility index (Phi) is 4.83. The predicted octanol–water partition coefficient (Wildman–Crippen LogP) is 6.13. The zero-order valence-electron chi connectivity index (χ0n) is 18.3. The Morgan fingerprint density at radius 3 is 2.34 bits per heavy atom. The van der Waals surface area contributed by atoms with Gasteiger partial charge in [0.25, 0.3) is 0 Å². The minimum atomic E-state index is -1.89. The van der Waals surface area contributed by atoms with Gasteiger partial charge in [-0.15, -0.1) is 0 Å². The maximum Gasteiger partial charge on any atom is 0.108 e. The van der Waals surface area contributed by atoms with Crippen LogP contribution in [0.15, 0.2) is 88.7 Å². The summed E-state index contributed by atoms with van der Waals surface area (Å²) in [6.07, 6.45) is 1.31. The fourth-order valence-electron chi connectivity index (χ4n) is 5.71. The van der Waals surface area contributed by atoms with Gasteiger partial charge in [-0.2, -0.15) is 0 Å². The Hall–Kier alpha value is -2.16. The lowest BCUT2D eigenvalue weighted by molar-refractivity contribution is 0.160. The van der Waals surface area contributed by atoms with E-state index in [4.69, 9.17) is 0 Å². The standard InChI is InChI=1S/C27H32OSi/c1-18(2)26-19(3)23-16-24(28)21-14-10-11-15-22(21)27(23,4)17-25(26)29(5,6)20-12-8-7-9-13-20/h7-15,24,28H,1,16-17H2,2-6H3/t24-,27-/m1/s1. The molecule has 0 heterocycles. The summed E-state index contributed by atoms with van der Waals surface area (Å²) in [6, 6.07) is 19.5. The second-order valence-electron chi connectivity index (χ2n) is 9.54. The van der Waals surface area contributed by atoms with E-state index in [1.54, 1.807) is 5.20 Å². The number of benzene rings is 2. The van der Waals surface area contributed by atoms with Crippen LogP contribution in [0.5, 0.6) is 0 Å². The zero-order valence-corrected chi connectivity index (χ0v) is 19.3. The summed E-state index contributed by atoms with van der Waals surface area (Å²) in [5.41, 5.74) is 7.58. The van der Waals surface area contributed by atoms with E-state index in [9.17, 15) is 5.11 Å². The first kappa shape index (κ1) is 20.1. The van der Waals surface area contributed by atoms with Gasteiger partial charge in [0, 0.05) is 5.41 Å². The summed E-state index contributed by atoms with van der Waals surface area (Å²) >= 11 is 0. The maximum atomic E-state index is 10.9. The Bertz CT molecular complexity index is 1040. The molecule has 0 unspecified atom stereocenters. The lowest BCUT2D eigenvalue weighted by Gasteiger charge is -2.48. The van der Waals surface area contributed by atoms with Crippen molar-refractivity contribution in [1.29, 1.82) is 0 Å². The van der Waals surface area contributed by atoms with Gasteiger partial charge in [-0.1, -0.05) is 103 Å². The van der Waals surface area contributed by atoms with Crippen LogP contribution in [-0.2, 0) is 5.41 Å². The first-order valence-corrected chi connectivity index (χ1v) is 13.6. The summed E-state index contributed by atoms with van der Waals surface area (Å²) in [5, 5.41) is 14.0. The van der Waals surface area contributed by atoms with Crippen LogP contribution in [0.2, 0.25) is 13.1 Å². The maximum absolute atomic E-state index is 10.9. The fourth-order valence-corrected chi connectivity index (χ4v) is 8.91. The molecule has 0 saturated heterocycles. The summed E-state index contributed by atoms with van der Waals surface area (Å²) < 4.78 is 0. The van der Waals surface area contributed by atoms with Crippen LogP contribution in [0.25, 0.3) is 0 Å². The van der Waals surface area contributed by atoms with Gasteiger partial charge in [-0.25, -0.2) is 0 Å². The molecule has 2 atom stereocenters. The molecule has 0 bridgehead atoms. The van der Waals surface area contributed by atoms with Crippen molar-refractivity contribution in [2.24, 2.45) is 0 Å². The van der Waals surface area contributed by atoms with Gasteiger partial charge >= 0.3 is 0 Å². The molecular weight excluding hydrogens is 368 g/mol. The molecule has 29 heavy (non-hydrogen) atoms. The molecule has 0 saturated carbocycles. The summed E-state index contributed by atoms with van der Waals surface area (Å²) in [7, 11) is -1.89. The highest BCUT2D eigenvalue weighted by atomic mass is 28.3. The highest BCUT2D eigenvalue weighted by Crippen LogP contribution is 2.55. The van der Waals surface area contributed by atoms with Gasteiger partial charge in [0.1, 0.15) is 8.07 Å². The van der Waals surface area contributed by atoms with E-state index in [1.807, 2.05) is 0 Å². The van der Waals surface area contributed by atoms with Crippen molar-refractivity contribution >= 4 is 13.3 Å². The average Bonchev–Trinajstić information content (AvgIpc) is 2.70. The number of hydrogen-bond donors (Lipinski definition) is 1. The van der Waals surface area contributed by atoms with Crippen LogP contribution in [-0.4, -0.2) is 13.2 Å². The van der Waals surface area contributed by atoms with Gasteiger partial charge in [-0.05, 0) is 49.0 Å². The molecule has 0 radical (unpaired) electrons. The number of aliphatic hydroxyl groups is 1. The van der Waals surface area contributed by atoms with Gasteiger partial charge < -0.3 is 5.11 Å². The van der Waals surface area contributed by atoms with E-state index in [2.05, 4.69) is 95.0 Å². The highest BCUT2D eigenvalue weighted by molar-refractivity contribution is 6.95. The smallest absolute Gasteiger partial charge is 0.108 e. The number of aliphatic hydroxyl groups excluding tert-OH is 1. The molecule has 0 amide bonds. The lowest BCUT2D eigenvalue weighted by Crippen LogP contribution is -2.48. The molecule has 2 heteroatoms. The molecule has 0 fully saturated rings. The molecule has 0 aromatic heterocycles. The normalized spacial score (nSPS) is 24.3. The molecule has 4 rings (SSSR count). The Morgan fingerprint density at radius 1 is 1.07 bits per heavy atom. The van der Waals surface area contributed by atoms with E-state index >= 15 is 0 Å². The first-order chi connectivity index (χ1) is 13.7. The molecular formula is C27H32OSi. The van der Waals surface area contributed by atoms with Crippen LogP contribution in [0.4, 0.5) is 0 Å². The number of rotatable bonds is 3. The van der Waals surface area contributed by atoms with Crippen molar-refractivity contribution < 1.29 is 5.11 Å². The second-order valence-corrected chi connectivity index (χ2v) is 14.0. The lowest BCUT2D eigenvalue weighted by atomic mass is 9.61. The third kappa shape index (κ3) is 3.01. The Labute approximate surface area is 176 Å². The van der Waals surface area contributed by atoms with Crippen LogP contribution < -0.4 is 5.19 Å². The molecule has 2 aromatic carbocycles. The first-order valence-electron chi connectivity index (χ1n) is 10.6. The van der Waals surface area contributed by atoms with Gasteiger partial charge in [0.2, 0.25) is 0 Å². The Balaban J connectivity index is 1.99. The van der Waals surface area contributed by atoms with Gasteiger partial charge in [0.05, 0.1) is 6.10 Å². The number of hydrogen-bond acceptors (Lipinski definition) is 1. The van der Waals surface area contributed by atoms with E-state index in [1.165, 1.54) is 27.5 Å². The van der Waals surface area contributed by atoms with E-state index in [-0.39, 0.29) is 5.41 Å². The van der Waals surface area contributed by atoms with Crippen molar-refractivity contribution in [2.75, 3.05) is 0 Å². The minimum absolute atomic E-state index is 0.0623. The molecule has 1 nitrogen and oxygen atoms in total. The van der Waals surface area contributed by atoms with Crippen LogP contribution >= 0.6 is 0 Å². The minimum Gasteiger partial charge on any atom is -0.388 e. The van der Waals surface area contributed by atoms with Crippen LogP contribution in [0.3, 0.4) is 0 Å². The van der Waals surface area contributed by atoms with Crippen molar-refractivity contribution in [1.82, 2.24) is 0 Å². The third-order valence-electron chi connectivity index (χ3n) is 7.31. The molecule has 2 aliphatic rings. The monoisotopic (exact) mass is 400 g/mol. The van der Waals surface area contributed by atoms with Crippen LogP contribution in [0.1, 0.15) is 50.8 Å². The van der Waals surface area contributed by atoms with Gasteiger partial charge in [0.15, 0.2) is 0 Å². The predicted molar refractivity (Wildman–Crippen MR) is 126 cm³/mol. The third-order valence-corrected chi connectivity index (χ3v) is 11.0. The summed E-state index contributed by atoms with van der Waals surface area (Å²) in [5.74, 6) is 0. The molecule has 0 aliphatic heterocycles. The van der Waals surface area contributed by atoms with Crippen molar-refractivity contribution in [3.05, 3.63) is 99.8 Å². The molecule has 2 aromatic rings. The molecule has 0 spiro atoms. The molecule has 150 valence electrons. The van der Waals surface area contributed by atoms with E-state index < -0.39 is 14.2 Å². The molecule has 1 N–H and O–H groups in total. The highest BCUT2D eigenvalue weighted by Gasteiger charge is 2.47. The Morgan fingerprint density at radius 2 is 1.69 bits per heavy atom. The molecule has 2 aliphatic carbocycles. The quantitative estimate of drug-likeness (QED) is 0.615. The van der Waals surface area contributed by atoms with Crippen molar-refractivity contribution in [3.8, 4) is 0 Å².